The van der Waals surface area contributed by atoms with Crippen LogP contribution in [0.25, 0.3) is 0 Å². The zero-order chi connectivity index (χ0) is 25.8. The quantitative estimate of drug-likeness (QED) is 0.396. The summed E-state index contributed by atoms with van der Waals surface area (Å²) >= 11 is 0. The van der Waals surface area contributed by atoms with E-state index < -0.39 is 47.0 Å². The standard InChI is InChI=1S/C25H32F4N2O4/c1-22(2,3)35-21(33)31-8-7-23(13-25(28,29)14-23)12-19(31)17-6-5-15(20(32)34-4)9-18(17)30-16-10-24(26,27)11-16/h5-6,9,16,19,30H,7-8,10-14H2,1-4H3. The first-order valence-corrected chi connectivity index (χ1v) is 11.9. The fourth-order valence-corrected chi connectivity index (χ4v) is 5.52. The first kappa shape index (κ1) is 25.6. The maximum Gasteiger partial charge on any atom is 0.410 e. The number of halogens is 4. The molecule has 1 N–H and O–H groups in total. The van der Waals surface area contributed by atoms with Crippen molar-refractivity contribution in [2.24, 2.45) is 5.41 Å². The Hall–Kier alpha value is -2.52. The number of carbonyl (C=O) groups excluding carboxylic acids is 2. The maximum absolute atomic E-state index is 13.9. The molecule has 2 saturated carbocycles. The second-order valence-electron chi connectivity index (χ2n) is 11.3. The molecule has 3 aliphatic rings. The van der Waals surface area contributed by atoms with Crippen molar-refractivity contribution >= 4 is 17.7 Å². The molecule has 1 atom stereocenters. The van der Waals surface area contributed by atoms with Gasteiger partial charge in [0.25, 0.3) is 5.92 Å². The first-order valence-electron chi connectivity index (χ1n) is 11.9. The average Bonchev–Trinajstić information content (AvgIpc) is 2.69. The highest BCUT2D eigenvalue weighted by Gasteiger charge is 2.59. The van der Waals surface area contributed by atoms with E-state index in [0.29, 0.717) is 17.7 Å². The van der Waals surface area contributed by atoms with Gasteiger partial charge in [0.1, 0.15) is 5.60 Å². The summed E-state index contributed by atoms with van der Waals surface area (Å²) in [4.78, 5) is 26.8. The van der Waals surface area contributed by atoms with E-state index in [-0.39, 0.29) is 44.2 Å². The minimum Gasteiger partial charge on any atom is -0.465 e. The minimum absolute atomic E-state index is 0.217. The van der Waals surface area contributed by atoms with E-state index in [1.165, 1.54) is 24.1 Å². The average molecular weight is 501 g/mol. The van der Waals surface area contributed by atoms with E-state index in [1.807, 2.05) is 0 Å². The number of methoxy groups -OCH3 is 1. The molecule has 2 aliphatic carbocycles. The monoisotopic (exact) mass is 500 g/mol. The Kier molecular flexibility index (Phi) is 6.25. The lowest BCUT2D eigenvalue weighted by atomic mass is 9.59. The zero-order valence-electron chi connectivity index (χ0n) is 20.4. The number of nitrogens with one attached hydrogen (secondary N) is 1. The van der Waals surface area contributed by atoms with Crippen LogP contribution in [0.4, 0.5) is 28.0 Å². The number of carbonyl (C=O) groups is 2. The van der Waals surface area contributed by atoms with Crippen LogP contribution in [0.5, 0.6) is 0 Å². The Labute approximate surface area is 202 Å². The third-order valence-electron chi connectivity index (χ3n) is 7.06. The summed E-state index contributed by atoms with van der Waals surface area (Å²) in [6.07, 6.45) is -1.07. The number of nitrogens with zero attached hydrogens (tertiary/aromatic N) is 1. The van der Waals surface area contributed by atoms with Crippen LogP contribution in [-0.4, -0.2) is 54.1 Å². The molecule has 6 nitrogen and oxygen atoms in total. The van der Waals surface area contributed by atoms with Gasteiger partial charge in [0, 0.05) is 44.0 Å². The number of amides is 1. The Morgan fingerprint density at radius 2 is 1.71 bits per heavy atom. The summed E-state index contributed by atoms with van der Waals surface area (Å²) in [5.41, 5.74) is -0.167. The number of likely N-dealkylation sites (tertiary alicyclic amines) is 1. The van der Waals surface area contributed by atoms with Crippen molar-refractivity contribution in [2.75, 3.05) is 19.0 Å². The van der Waals surface area contributed by atoms with Crippen LogP contribution in [-0.2, 0) is 9.47 Å². The predicted molar refractivity (Wildman–Crippen MR) is 121 cm³/mol. The summed E-state index contributed by atoms with van der Waals surface area (Å²) in [6, 6.07) is 3.55. The van der Waals surface area contributed by atoms with Crippen molar-refractivity contribution < 1.29 is 36.6 Å². The van der Waals surface area contributed by atoms with Gasteiger partial charge in [0.15, 0.2) is 0 Å². The third-order valence-corrected chi connectivity index (χ3v) is 7.06. The predicted octanol–water partition coefficient (Wildman–Crippen LogP) is 6.17. The van der Waals surface area contributed by atoms with E-state index in [9.17, 15) is 27.2 Å². The largest absolute Gasteiger partial charge is 0.465 e. The molecule has 1 spiro atoms. The number of ether oxygens (including phenoxy) is 2. The number of benzene rings is 1. The molecule has 10 heteroatoms. The van der Waals surface area contributed by atoms with E-state index in [4.69, 9.17) is 9.47 Å². The topological polar surface area (TPSA) is 67.9 Å². The second kappa shape index (κ2) is 8.55. The molecule has 35 heavy (non-hydrogen) atoms. The van der Waals surface area contributed by atoms with E-state index >= 15 is 0 Å². The lowest BCUT2D eigenvalue weighted by Gasteiger charge is -2.54. The fraction of sp³-hybridized carbons (Fsp3) is 0.680. The van der Waals surface area contributed by atoms with Crippen molar-refractivity contribution in [3.63, 3.8) is 0 Å². The summed E-state index contributed by atoms with van der Waals surface area (Å²) in [6.45, 7) is 5.46. The SMILES string of the molecule is COC(=O)c1ccc(C2CC3(CCN2C(=O)OC(C)(C)C)CC(F)(F)C3)c(NC2CC(F)(F)C2)c1. The van der Waals surface area contributed by atoms with E-state index in [1.54, 1.807) is 26.8 Å². The van der Waals surface area contributed by atoms with Crippen LogP contribution in [0.2, 0.25) is 0 Å². The highest BCUT2D eigenvalue weighted by Crippen LogP contribution is 2.61. The first-order chi connectivity index (χ1) is 16.1. The summed E-state index contributed by atoms with van der Waals surface area (Å²) in [5.74, 6) is -6.08. The van der Waals surface area contributed by atoms with Gasteiger partial charge >= 0.3 is 12.1 Å². The second-order valence-corrected chi connectivity index (χ2v) is 11.3. The fourth-order valence-electron chi connectivity index (χ4n) is 5.52. The van der Waals surface area contributed by atoms with Crippen molar-refractivity contribution in [2.45, 2.75) is 88.8 Å². The molecule has 0 radical (unpaired) electrons. The van der Waals surface area contributed by atoms with E-state index in [2.05, 4.69) is 5.32 Å². The van der Waals surface area contributed by atoms with Gasteiger partial charge in [-0.1, -0.05) is 6.07 Å². The van der Waals surface area contributed by atoms with E-state index in [0.717, 1.165) is 0 Å². The summed E-state index contributed by atoms with van der Waals surface area (Å²) in [5, 5.41) is 3.09. The van der Waals surface area contributed by atoms with Gasteiger partial charge in [0.05, 0.1) is 18.7 Å². The van der Waals surface area contributed by atoms with Gasteiger partial charge in [0.2, 0.25) is 5.92 Å². The van der Waals surface area contributed by atoms with Crippen LogP contribution >= 0.6 is 0 Å². The molecule has 1 aromatic rings. The molecular formula is C25H32F4N2O4. The molecule has 1 unspecified atom stereocenters. The van der Waals surface area contributed by atoms with Gasteiger partial charge in [-0.15, -0.1) is 0 Å². The third kappa shape index (κ3) is 5.51. The molecule has 3 fully saturated rings. The van der Waals surface area contributed by atoms with Gasteiger partial charge in [-0.25, -0.2) is 27.2 Å². The number of esters is 1. The lowest BCUT2D eigenvalue weighted by molar-refractivity contribution is -0.183. The van der Waals surface area contributed by atoms with Crippen LogP contribution < -0.4 is 5.32 Å². The molecule has 1 saturated heterocycles. The van der Waals surface area contributed by atoms with Crippen LogP contribution in [0, 0.1) is 5.41 Å². The normalized spacial score (nSPS) is 24.8. The molecule has 4 rings (SSSR count). The Morgan fingerprint density at radius 3 is 2.26 bits per heavy atom. The van der Waals surface area contributed by atoms with Crippen molar-refractivity contribution in [1.82, 2.24) is 4.90 Å². The zero-order valence-corrected chi connectivity index (χ0v) is 20.4. The van der Waals surface area contributed by atoms with Crippen LogP contribution in [0.3, 0.4) is 0 Å². The molecule has 1 aliphatic heterocycles. The van der Waals surface area contributed by atoms with Gasteiger partial charge < -0.3 is 19.7 Å². The minimum atomic E-state index is -2.76. The molecule has 194 valence electrons. The Balaban J connectivity index is 1.69. The lowest BCUT2D eigenvalue weighted by Crippen LogP contribution is -2.54. The number of anilines is 1. The number of hydrogen-bond donors (Lipinski definition) is 1. The van der Waals surface area contributed by atoms with Gasteiger partial charge in [-0.3, -0.25) is 0 Å². The highest BCUT2D eigenvalue weighted by molar-refractivity contribution is 5.91. The van der Waals surface area contributed by atoms with Crippen molar-refractivity contribution in [1.29, 1.82) is 0 Å². The molecule has 0 aromatic heterocycles. The number of piperidine rings is 1. The van der Waals surface area contributed by atoms with Crippen molar-refractivity contribution in [3.8, 4) is 0 Å². The summed E-state index contributed by atoms with van der Waals surface area (Å²) in [7, 11) is 1.24. The van der Waals surface area contributed by atoms with Gasteiger partial charge in [-0.05, 0) is 56.7 Å². The highest BCUT2D eigenvalue weighted by atomic mass is 19.3. The number of alkyl halides is 4. The number of hydrogen-bond acceptors (Lipinski definition) is 5. The molecule has 1 heterocycles. The van der Waals surface area contributed by atoms with Crippen molar-refractivity contribution in [3.05, 3.63) is 29.3 Å². The molecule has 1 aromatic carbocycles. The molecule has 1 amide bonds. The maximum atomic E-state index is 13.9. The van der Waals surface area contributed by atoms with Crippen LogP contribution in [0.15, 0.2) is 18.2 Å². The Morgan fingerprint density at radius 1 is 1.06 bits per heavy atom. The molecular weight excluding hydrogens is 468 g/mol. The summed E-state index contributed by atoms with van der Waals surface area (Å²) < 4.78 is 65.2. The smallest absolute Gasteiger partial charge is 0.410 e. The number of rotatable bonds is 4. The molecule has 0 bridgehead atoms. The Bertz CT molecular complexity index is 992. The van der Waals surface area contributed by atoms with Crippen LogP contribution in [0.1, 0.15) is 81.3 Å². The van der Waals surface area contributed by atoms with Gasteiger partial charge in [-0.2, -0.15) is 0 Å².